The Bertz CT molecular complexity index is 593. The van der Waals surface area contributed by atoms with Crippen molar-refractivity contribution in [2.75, 3.05) is 19.5 Å². The number of rotatable bonds is 8. The Labute approximate surface area is 132 Å². The lowest BCUT2D eigenvalue weighted by Crippen LogP contribution is -2.10. The average molecular weight is 297 g/mol. The van der Waals surface area contributed by atoms with Gasteiger partial charge >= 0.3 is 0 Å². The van der Waals surface area contributed by atoms with Crippen molar-refractivity contribution in [3.63, 3.8) is 0 Å². The number of allylic oxidation sites excluding steroid dienone is 1. The highest BCUT2D eigenvalue weighted by Gasteiger charge is 2.11. The van der Waals surface area contributed by atoms with Crippen molar-refractivity contribution in [1.29, 1.82) is 0 Å². The number of anilines is 1. The topological polar surface area (TPSA) is 30.5 Å². The highest BCUT2D eigenvalue weighted by Crippen LogP contribution is 2.27. The molecule has 2 aromatic carbocycles. The average Bonchev–Trinajstić information content (AvgIpc) is 2.59. The Morgan fingerprint density at radius 3 is 2.41 bits per heavy atom. The molecule has 1 N–H and O–H groups in total. The van der Waals surface area contributed by atoms with Gasteiger partial charge in [-0.05, 0) is 54.8 Å². The number of benzene rings is 2. The van der Waals surface area contributed by atoms with Gasteiger partial charge < -0.3 is 14.8 Å². The van der Waals surface area contributed by atoms with Gasteiger partial charge in [-0.15, -0.1) is 6.58 Å². The summed E-state index contributed by atoms with van der Waals surface area (Å²) in [5.41, 5.74) is 2.27. The molecule has 0 amide bonds. The Morgan fingerprint density at radius 1 is 1.05 bits per heavy atom. The van der Waals surface area contributed by atoms with Crippen LogP contribution in [0.5, 0.6) is 11.5 Å². The van der Waals surface area contributed by atoms with Crippen molar-refractivity contribution in [3.8, 4) is 11.5 Å². The summed E-state index contributed by atoms with van der Waals surface area (Å²) < 4.78 is 10.5. The summed E-state index contributed by atoms with van der Waals surface area (Å²) in [7, 11) is 3.36. The highest BCUT2D eigenvalue weighted by molar-refractivity contribution is 5.48. The van der Waals surface area contributed by atoms with Crippen molar-refractivity contribution < 1.29 is 9.47 Å². The van der Waals surface area contributed by atoms with Crippen LogP contribution in [0.15, 0.2) is 61.2 Å². The molecule has 0 fully saturated rings. The number of methoxy groups -OCH3 is 2. The lowest BCUT2D eigenvalue weighted by Gasteiger charge is -2.20. The summed E-state index contributed by atoms with van der Waals surface area (Å²) in [5, 5.41) is 3.57. The molecule has 0 aromatic heterocycles. The van der Waals surface area contributed by atoms with E-state index in [1.54, 1.807) is 14.2 Å². The van der Waals surface area contributed by atoms with Crippen LogP contribution in [0.1, 0.15) is 24.4 Å². The summed E-state index contributed by atoms with van der Waals surface area (Å²) in [6.45, 7) is 3.82. The van der Waals surface area contributed by atoms with E-state index in [0.29, 0.717) is 0 Å². The van der Waals surface area contributed by atoms with E-state index in [2.05, 4.69) is 24.0 Å². The van der Waals surface area contributed by atoms with E-state index < -0.39 is 0 Å². The maximum atomic E-state index is 5.33. The summed E-state index contributed by atoms with van der Waals surface area (Å²) in [6.07, 6.45) is 3.87. The maximum Gasteiger partial charge on any atom is 0.119 e. The molecule has 0 aliphatic heterocycles. The van der Waals surface area contributed by atoms with Crippen LogP contribution in [-0.2, 0) is 0 Å². The molecule has 116 valence electrons. The van der Waals surface area contributed by atoms with E-state index in [0.717, 1.165) is 30.0 Å². The molecule has 0 saturated heterocycles. The fraction of sp³-hybridized carbons (Fsp3) is 0.263. The molecule has 0 aliphatic carbocycles. The molecule has 3 heteroatoms. The van der Waals surface area contributed by atoms with Crippen molar-refractivity contribution in [1.82, 2.24) is 0 Å². The second-order valence-corrected chi connectivity index (χ2v) is 5.07. The second kappa shape index (κ2) is 8.13. The first-order valence-corrected chi connectivity index (χ1v) is 7.42. The molecular weight excluding hydrogens is 274 g/mol. The molecule has 2 aromatic rings. The number of hydrogen-bond acceptors (Lipinski definition) is 3. The third-order valence-corrected chi connectivity index (χ3v) is 3.59. The number of nitrogens with one attached hydrogen (secondary N) is 1. The first-order chi connectivity index (χ1) is 10.8. The molecule has 1 atom stereocenters. The molecule has 0 heterocycles. The zero-order valence-corrected chi connectivity index (χ0v) is 13.2. The van der Waals surface area contributed by atoms with Crippen LogP contribution in [0.4, 0.5) is 5.69 Å². The third kappa shape index (κ3) is 4.29. The summed E-state index contributed by atoms with van der Waals surface area (Å²) in [4.78, 5) is 0. The Morgan fingerprint density at radius 2 is 1.77 bits per heavy atom. The van der Waals surface area contributed by atoms with Crippen LogP contribution in [0.3, 0.4) is 0 Å². The van der Waals surface area contributed by atoms with E-state index in [1.807, 2.05) is 42.5 Å². The summed E-state index contributed by atoms with van der Waals surface area (Å²) >= 11 is 0. The monoisotopic (exact) mass is 297 g/mol. The second-order valence-electron chi connectivity index (χ2n) is 5.07. The molecule has 1 unspecified atom stereocenters. The Hall–Kier alpha value is -2.42. The van der Waals surface area contributed by atoms with E-state index in [1.165, 1.54) is 5.56 Å². The van der Waals surface area contributed by atoms with Gasteiger partial charge in [0, 0.05) is 5.69 Å². The van der Waals surface area contributed by atoms with Crippen LogP contribution in [0, 0.1) is 0 Å². The summed E-state index contributed by atoms with van der Waals surface area (Å²) in [6, 6.07) is 16.3. The fourth-order valence-corrected chi connectivity index (χ4v) is 2.35. The van der Waals surface area contributed by atoms with Crippen molar-refractivity contribution >= 4 is 5.69 Å². The smallest absolute Gasteiger partial charge is 0.119 e. The quantitative estimate of drug-likeness (QED) is 0.708. The van der Waals surface area contributed by atoms with Crippen LogP contribution in [0.25, 0.3) is 0 Å². The van der Waals surface area contributed by atoms with Gasteiger partial charge in [0.25, 0.3) is 0 Å². The van der Waals surface area contributed by atoms with Gasteiger partial charge in [0.1, 0.15) is 11.5 Å². The zero-order valence-electron chi connectivity index (χ0n) is 13.2. The molecule has 22 heavy (non-hydrogen) atoms. The van der Waals surface area contributed by atoms with E-state index >= 15 is 0 Å². The Kier molecular flexibility index (Phi) is 5.90. The first-order valence-electron chi connectivity index (χ1n) is 7.42. The molecule has 3 nitrogen and oxygen atoms in total. The van der Waals surface area contributed by atoms with Gasteiger partial charge in [-0.2, -0.15) is 0 Å². The third-order valence-electron chi connectivity index (χ3n) is 3.59. The van der Waals surface area contributed by atoms with Gasteiger partial charge in [-0.25, -0.2) is 0 Å². The standard InChI is InChI=1S/C19H23NO2/c1-4-5-9-19(15-7-6-8-18(14-15)22-3)20-16-10-12-17(21-2)13-11-16/h4,6-8,10-14,19-20H,1,5,9H2,2-3H3. The predicted molar refractivity (Wildman–Crippen MR) is 91.8 cm³/mol. The lowest BCUT2D eigenvalue weighted by atomic mass is 10.0. The predicted octanol–water partition coefficient (Wildman–Crippen LogP) is 4.82. The molecular formula is C19H23NO2. The minimum atomic E-state index is 0.210. The van der Waals surface area contributed by atoms with Gasteiger partial charge in [0.05, 0.1) is 20.3 Å². The van der Waals surface area contributed by atoms with Gasteiger partial charge in [0.2, 0.25) is 0 Å². The fourth-order valence-electron chi connectivity index (χ4n) is 2.35. The minimum absolute atomic E-state index is 0.210. The first kappa shape index (κ1) is 16.0. The molecule has 0 saturated carbocycles. The molecule has 0 aliphatic rings. The number of ether oxygens (including phenoxy) is 2. The number of hydrogen-bond donors (Lipinski definition) is 1. The van der Waals surface area contributed by atoms with Gasteiger partial charge in [-0.3, -0.25) is 0 Å². The molecule has 0 spiro atoms. The van der Waals surface area contributed by atoms with Crippen LogP contribution >= 0.6 is 0 Å². The molecule has 0 radical (unpaired) electrons. The van der Waals surface area contributed by atoms with Crippen molar-refractivity contribution in [2.24, 2.45) is 0 Å². The highest BCUT2D eigenvalue weighted by atomic mass is 16.5. The lowest BCUT2D eigenvalue weighted by molar-refractivity contribution is 0.414. The SMILES string of the molecule is C=CCCC(Nc1ccc(OC)cc1)c1cccc(OC)c1. The van der Waals surface area contributed by atoms with Crippen molar-refractivity contribution in [3.05, 3.63) is 66.7 Å². The maximum absolute atomic E-state index is 5.33. The largest absolute Gasteiger partial charge is 0.497 e. The van der Waals surface area contributed by atoms with E-state index in [9.17, 15) is 0 Å². The molecule has 2 rings (SSSR count). The van der Waals surface area contributed by atoms with E-state index in [-0.39, 0.29) is 6.04 Å². The van der Waals surface area contributed by atoms with Crippen LogP contribution in [-0.4, -0.2) is 14.2 Å². The molecule has 0 bridgehead atoms. The normalized spacial score (nSPS) is 11.5. The minimum Gasteiger partial charge on any atom is -0.497 e. The van der Waals surface area contributed by atoms with Crippen LogP contribution < -0.4 is 14.8 Å². The zero-order chi connectivity index (χ0) is 15.8. The Balaban J connectivity index is 2.18. The van der Waals surface area contributed by atoms with Crippen molar-refractivity contribution in [2.45, 2.75) is 18.9 Å². The van der Waals surface area contributed by atoms with Gasteiger partial charge in [0.15, 0.2) is 0 Å². The summed E-state index contributed by atoms with van der Waals surface area (Å²) in [5.74, 6) is 1.73. The van der Waals surface area contributed by atoms with Gasteiger partial charge in [-0.1, -0.05) is 18.2 Å². The van der Waals surface area contributed by atoms with E-state index in [4.69, 9.17) is 9.47 Å². The van der Waals surface area contributed by atoms with Crippen LogP contribution in [0.2, 0.25) is 0 Å².